The molecule has 0 fully saturated rings. The lowest BCUT2D eigenvalue weighted by molar-refractivity contribution is 0.356. The second kappa shape index (κ2) is 5.33. The topological polar surface area (TPSA) is 64.1 Å². The van der Waals surface area contributed by atoms with Crippen LogP contribution in [0.15, 0.2) is 33.1 Å². The van der Waals surface area contributed by atoms with Crippen molar-refractivity contribution >= 4 is 11.0 Å². The molecular weight excluding hydrogens is 266 g/mol. The maximum atomic E-state index is 5.97. The zero-order valence-corrected chi connectivity index (χ0v) is 12.7. The van der Waals surface area contributed by atoms with Crippen LogP contribution in [0.2, 0.25) is 0 Å². The Labute approximate surface area is 123 Å². The van der Waals surface area contributed by atoms with E-state index in [0.717, 1.165) is 16.7 Å². The maximum absolute atomic E-state index is 5.97. The van der Waals surface area contributed by atoms with Crippen LogP contribution in [0.1, 0.15) is 49.0 Å². The van der Waals surface area contributed by atoms with Gasteiger partial charge in [0.25, 0.3) is 0 Å². The standard InChI is InChI=1S/C16H19N3O2/c1-9-13-7-5-6-8-14(13)21-15(9)10(2)17-11(3)16-19-18-12(4)20-16/h5-8,10-11,17H,1-4H3/t10-,11+/m1/s1. The van der Waals surface area contributed by atoms with Crippen LogP contribution in [0.3, 0.4) is 0 Å². The van der Waals surface area contributed by atoms with Gasteiger partial charge in [-0.2, -0.15) is 0 Å². The Balaban J connectivity index is 1.83. The van der Waals surface area contributed by atoms with Gasteiger partial charge in [-0.15, -0.1) is 10.2 Å². The minimum atomic E-state index is -0.0335. The van der Waals surface area contributed by atoms with Gasteiger partial charge in [0.2, 0.25) is 11.8 Å². The summed E-state index contributed by atoms with van der Waals surface area (Å²) >= 11 is 0. The maximum Gasteiger partial charge on any atom is 0.233 e. The number of fused-ring (bicyclic) bond motifs is 1. The van der Waals surface area contributed by atoms with Crippen LogP contribution in [-0.2, 0) is 0 Å². The summed E-state index contributed by atoms with van der Waals surface area (Å²) in [6.45, 7) is 7.95. The van der Waals surface area contributed by atoms with Crippen LogP contribution < -0.4 is 5.32 Å². The molecule has 0 radical (unpaired) electrons. The molecule has 2 heterocycles. The van der Waals surface area contributed by atoms with Gasteiger partial charge in [0, 0.05) is 12.3 Å². The van der Waals surface area contributed by atoms with Crippen molar-refractivity contribution in [1.29, 1.82) is 0 Å². The van der Waals surface area contributed by atoms with Crippen molar-refractivity contribution in [3.05, 3.63) is 47.4 Å². The summed E-state index contributed by atoms with van der Waals surface area (Å²) in [6.07, 6.45) is 0. The van der Waals surface area contributed by atoms with Crippen molar-refractivity contribution in [1.82, 2.24) is 15.5 Å². The van der Waals surface area contributed by atoms with Gasteiger partial charge in [-0.25, -0.2) is 0 Å². The Morgan fingerprint density at radius 2 is 1.76 bits per heavy atom. The third-order valence-corrected chi connectivity index (χ3v) is 3.69. The molecule has 0 aliphatic rings. The molecular formula is C16H19N3O2. The average molecular weight is 285 g/mol. The van der Waals surface area contributed by atoms with E-state index in [2.05, 4.69) is 35.4 Å². The molecule has 1 N–H and O–H groups in total. The van der Waals surface area contributed by atoms with Crippen molar-refractivity contribution in [2.75, 3.05) is 0 Å². The highest BCUT2D eigenvalue weighted by molar-refractivity contribution is 5.82. The number of hydrogen-bond donors (Lipinski definition) is 1. The van der Waals surface area contributed by atoms with Gasteiger partial charge in [0.15, 0.2) is 0 Å². The van der Waals surface area contributed by atoms with Crippen molar-refractivity contribution in [3.8, 4) is 0 Å². The first-order valence-electron chi connectivity index (χ1n) is 7.10. The summed E-state index contributed by atoms with van der Waals surface area (Å²) in [7, 11) is 0. The van der Waals surface area contributed by atoms with Crippen LogP contribution in [0.25, 0.3) is 11.0 Å². The van der Waals surface area contributed by atoms with E-state index in [1.54, 1.807) is 6.92 Å². The van der Waals surface area contributed by atoms with Gasteiger partial charge in [0.1, 0.15) is 11.3 Å². The van der Waals surface area contributed by atoms with Crippen LogP contribution in [0.4, 0.5) is 0 Å². The molecule has 2 aromatic heterocycles. The summed E-state index contributed by atoms with van der Waals surface area (Å²) in [6, 6.07) is 8.10. The first kappa shape index (κ1) is 13.8. The third kappa shape index (κ3) is 2.56. The number of benzene rings is 1. The second-order valence-electron chi connectivity index (χ2n) is 5.36. The van der Waals surface area contributed by atoms with Crippen LogP contribution in [-0.4, -0.2) is 10.2 Å². The smallest absolute Gasteiger partial charge is 0.233 e. The Bertz CT molecular complexity index is 760. The average Bonchev–Trinajstić information content (AvgIpc) is 3.04. The zero-order chi connectivity index (χ0) is 15.0. The minimum Gasteiger partial charge on any atom is -0.459 e. The molecule has 0 saturated heterocycles. The van der Waals surface area contributed by atoms with Crippen LogP contribution in [0.5, 0.6) is 0 Å². The van der Waals surface area contributed by atoms with Crippen molar-refractivity contribution in [2.24, 2.45) is 0 Å². The molecule has 21 heavy (non-hydrogen) atoms. The van der Waals surface area contributed by atoms with E-state index >= 15 is 0 Å². The number of furan rings is 1. The van der Waals surface area contributed by atoms with Gasteiger partial charge in [-0.1, -0.05) is 18.2 Å². The predicted molar refractivity (Wildman–Crippen MR) is 80.0 cm³/mol. The lowest BCUT2D eigenvalue weighted by Gasteiger charge is -2.16. The van der Waals surface area contributed by atoms with Gasteiger partial charge in [0.05, 0.1) is 12.1 Å². The molecule has 0 spiro atoms. The van der Waals surface area contributed by atoms with E-state index in [1.165, 1.54) is 5.56 Å². The molecule has 1 aromatic carbocycles. The van der Waals surface area contributed by atoms with E-state index in [1.807, 2.05) is 25.1 Å². The van der Waals surface area contributed by atoms with Gasteiger partial charge < -0.3 is 8.83 Å². The normalized spacial score (nSPS) is 14.5. The summed E-state index contributed by atoms with van der Waals surface area (Å²) < 4.78 is 11.4. The van der Waals surface area contributed by atoms with E-state index in [-0.39, 0.29) is 12.1 Å². The fourth-order valence-corrected chi connectivity index (χ4v) is 2.62. The summed E-state index contributed by atoms with van der Waals surface area (Å²) in [5.74, 6) is 2.11. The molecule has 3 rings (SSSR count). The highest BCUT2D eigenvalue weighted by atomic mass is 16.4. The number of hydrogen-bond acceptors (Lipinski definition) is 5. The SMILES string of the molecule is Cc1nnc([C@H](C)N[C@H](C)c2oc3ccccc3c2C)o1. The van der Waals surface area contributed by atoms with Gasteiger partial charge >= 0.3 is 0 Å². The molecule has 0 aliphatic carbocycles. The molecule has 0 unspecified atom stereocenters. The highest BCUT2D eigenvalue weighted by Crippen LogP contribution is 2.30. The van der Waals surface area contributed by atoms with Gasteiger partial charge in [-0.3, -0.25) is 5.32 Å². The van der Waals surface area contributed by atoms with Gasteiger partial charge in [-0.05, 0) is 32.4 Å². The molecule has 0 bridgehead atoms. The number of rotatable bonds is 4. The van der Waals surface area contributed by atoms with E-state index in [0.29, 0.717) is 11.8 Å². The Hall–Kier alpha value is -2.14. The summed E-state index contributed by atoms with van der Waals surface area (Å²) in [5, 5.41) is 12.5. The van der Waals surface area contributed by atoms with E-state index in [9.17, 15) is 0 Å². The monoisotopic (exact) mass is 285 g/mol. The first-order valence-corrected chi connectivity index (χ1v) is 7.10. The fraction of sp³-hybridized carbons (Fsp3) is 0.375. The molecule has 2 atom stereocenters. The largest absolute Gasteiger partial charge is 0.459 e. The molecule has 5 nitrogen and oxygen atoms in total. The highest BCUT2D eigenvalue weighted by Gasteiger charge is 2.20. The van der Waals surface area contributed by atoms with E-state index < -0.39 is 0 Å². The van der Waals surface area contributed by atoms with Crippen LogP contribution in [0, 0.1) is 13.8 Å². The summed E-state index contributed by atoms with van der Waals surface area (Å²) in [5.41, 5.74) is 2.08. The quantitative estimate of drug-likeness (QED) is 0.789. The number of aromatic nitrogens is 2. The Kier molecular flexibility index (Phi) is 3.51. The Morgan fingerprint density at radius 1 is 1.00 bits per heavy atom. The molecule has 0 saturated carbocycles. The third-order valence-electron chi connectivity index (χ3n) is 3.69. The van der Waals surface area contributed by atoms with Crippen molar-refractivity contribution in [2.45, 2.75) is 39.8 Å². The summed E-state index contributed by atoms with van der Waals surface area (Å²) in [4.78, 5) is 0. The van der Waals surface area contributed by atoms with E-state index in [4.69, 9.17) is 8.83 Å². The lowest BCUT2D eigenvalue weighted by Crippen LogP contribution is -2.22. The molecule has 3 aromatic rings. The number of aryl methyl sites for hydroxylation is 2. The number of nitrogens with one attached hydrogen (secondary N) is 1. The van der Waals surface area contributed by atoms with Crippen molar-refractivity contribution in [3.63, 3.8) is 0 Å². The lowest BCUT2D eigenvalue weighted by atomic mass is 10.1. The fourth-order valence-electron chi connectivity index (χ4n) is 2.62. The molecule has 0 aliphatic heterocycles. The molecule has 5 heteroatoms. The predicted octanol–water partition coefficient (Wildman–Crippen LogP) is 3.84. The van der Waals surface area contributed by atoms with Crippen molar-refractivity contribution < 1.29 is 8.83 Å². The minimum absolute atomic E-state index is 0.0335. The Morgan fingerprint density at radius 3 is 2.43 bits per heavy atom. The zero-order valence-electron chi connectivity index (χ0n) is 12.7. The van der Waals surface area contributed by atoms with Crippen LogP contribution >= 0.6 is 0 Å². The second-order valence-corrected chi connectivity index (χ2v) is 5.36. The first-order chi connectivity index (χ1) is 10.1. The number of nitrogens with zero attached hydrogens (tertiary/aromatic N) is 2. The number of para-hydroxylation sites is 1. The molecule has 110 valence electrons. The molecule has 0 amide bonds.